The van der Waals surface area contributed by atoms with E-state index >= 15 is 0 Å². The molecular weight excluding hydrogens is 524 g/mol. The normalized spacial score (nSPS) is 16.0. The highest BCUT2D eigenvalue weighted by molar-refractivity contribution is 5.98. The fraction of sp³-hybridized carbons (Fsp3) is 0.567. The molecule has 222 valence electrons. The molecule has 2 aromatic heterocycles. The molecule has 3 aromatic rings. The van der Waals surface area contributed by atoms with Crippen molar-refractivity contribution in [1.29, 1.82) is 0 Å². The van der Waals surface area contributed by atoms with E-state index in [1.165, 1.54) is 50.5 Å². The average Bonchev–Trinajstić information content (AvgIpc) is 3.65. The molecule has 4 rings (SSSR count). The van der Waals surface area contributed by atoms with E-state index < -0.39 is 23.8 Å². The number of aliphatic imine (C=N–C) groups is 1. The Kier molecular flexibility index (Phi) is 10.0. The summed E-state index contributed by atoms with van der Waals surface area (Å²) >= 11 is 0. The van der Waals surface area contributed by atoms with Crippen molar-refractivity contribution in [3.63, 3.8) is 0 Å². The maximum atomic E-state index is 12.3. The number of carbonyl (C=O) groups excluding carboxylic acids is 1. The molecule has 1 fully saturated rings. The molecule has 0 aliphatic carbocycles. The minimum atomic E-state index is -1.34. The molecule has 0 spiro atoms. The first-order chi connectivity index (χ1) is 19.6. The zero-order valence-corrected chi connectivity index (χ0v) is 24.6. The van der Waals surface area contributed by atoms with Crippen LogP contribution < -0.4 is 5.32 Å². The highest BCUT2D eigenvalue weighted by atomic mass is 16.6. The van der Waals surface area contributed by atoms with Gasteiger partial charge in [-0.2, -0.15) is 4.98 Å². The lowest BCUT2D eigenvalue weighted by molar-refractivity contribution is 0.0600. The molecule has 2 amide bonds. The number of nitrogens with zero attached hydrogens (tertiary/aromatic N) is 5. The fourth-order valence-electron chi connectivity index (χ4n) is 5.17. The standard InChI is InChI=1S/C30H42N6O5/c1-5-6-7-8-9-10-11-17-35-19-16-21-20-22(14-15-23(21)35)25-31-26(41-34-25)24-13-12-18-36(24)27(32-28(37)38)33-29(39)40-30(2,3)4/h14-16,19-20,24H,5-13,17-18H2,1-4H3,(H,37,38)(H,32,33,39)/t24-/m0/s1. The monoisotopic (exact) mass is 566 g/mol. The minimum absolute atomic E-state index is 0.127. The van der Waals surface area contributed by atoms with Gasteiger partial charge in [-0.1, -0.05) is 50.6 Å². The van der Waals surface area contributed by atoms with Crippen LogP contribution in [-0.2, 0) is 11.3 Å². The first-order valence-electron chi connectivity index (χ1n) is 14.7. The summed E-state index contributed by atoms with van der Waals surface area (Å²) in [4.78, 5) is 34.0. The average molecular weight is 567 g/mol. The van der Waals surface area contributed by atoms with Crippen molar-refractivity contribution in [3.8, 4) is 11.4 Å². The Morgan fingerprint density at radius 1 is 1.15 bits per heavy atom. The topological polar surface area (TPSA) is 135 Å². The van der Waals surface area contributed by atoms with Gasteiger partial charge >= 0.3 is 12.2 Å². The molecule has 0 radical (unpaired) electrons. The molecular formula is C30H42N6O5. The van der Waals surface area contributed by atoms with Crippen molar-refractivity contribution >= 4 is 29.0 Å². The van der Waals surface area contributed by atoms with Crippen molar-refractivity contribution in [3.05, 3.63) is 36.4 Å². The number of amides is 2. The van der Waals surface area contributed by atoms with E-state index in [9.17, 15) is 14.7 Å². The van der Waals surface area contributed by atoms with E-state index in [-0.39, 0.29) is 5.96 Å². The molecule has 1 atom stereocenters. The molecule has 11 heteroatoms. The molecule has 1 aliphatic rings. The number of unbranched alkanes of at least 4 members (excludes halogenated alkanes) is 6. The zero-order valence-electron chi connectivity index (χ0n) is 24.6. The fourth-order valence-corrected chi connectivity index (χ4v) is 5.17. The molecule has 3 heterocycles. The van der Waals surface area contributed by atoms with Gasteiger partial charge in [0.1, 0.15) is 11.6 Å². The molecule has 0 bridgehead atoms. The van der Waals surface area contributed by atoms with Crippen molar-refractivity contribution in [1.82, 2.24) is 24.9 Å². The van der Waals surface area contributed by atoms with Gasteiger partial charge in [0.2, 0.25) is 17.7 Å². The predicted octanol–water partition coefficient (Wildman–Crippen LogP) is 7.14. The zero-order chi connectivity index (χ0) is 29.4. The van der Waals surface area contributed by atoms with Gasteiger partial charge < -0.3 is 23.8 Å². The van der Waals surface area contributed by atoms with Crippen LogP contribution in [0.5, 0.6) is 0 Å². The third kappa shape index (κ3) is 8.31. The van der Waals surface area contributed by atoms with Crippen LogP contribution in [0.2, 0.25) is 0 Å². The Hall–Kier alpha value is -3.89. The minimum Gasteiger partial charge on any atom is -0.465 e. The van der Waals surface area contributed by atoms with Crippen LogP contribution in [0.15, 0.2) is 40.0 Å². The second-order valence-corrected chi connectivity index (χ2v) is 11.6. The van der Waals surface area contributed by atoms with E-state index in [0.29, 0.717) is 24.7 Å². The molecule has 41 heavy (non-hydrogen) atoms. The van der Waals surface area contributed by atoms with Gasteiger partial charge in [-0.05, 0) is 64.3 Å². The summed E-state index contributed by atoms with van der Waals surface area (Å²) in [5, 5.41) is 16.9. The number of rotatable bonds is 10. The quantitative estimate of drug-likeness (QED) is 0.150. The van der Waals surface area contributed by atoms with Gasteiger partial charge in [-0.25, -0.2) is 9.59 Å². The number of aryl methyl sites for hydroxylation is 1. The van der Waals surface area contributed by atoms with E-state index in [1.807, 2.05) is 6.07 Å². The lowest BCUT2D eigenvalue weighted by Gasteiger charge is -2.25. The molecule has 0 saturated carbocycles. The van der Waals surface area contributed by atoms with E-state index in [0.717, 1.165) is 23.9 Å². The second kappa shape index (κ2) is 13.6. The Morgan fingerprint density at radius 2 is 1.90 bits per heavy atom. The largest absolute Gasteiger partial charge is 0.465 e. The SMILES string of the molecule is CCCCCCCCCn1ccc2cc(-c3noc([C@@H]4CCCN4C(=NC(=O)OC(C)(C)C)NC(=O)O)n3)ccc21. The molecule has 2 N–H and O–H groups in total. The lowest BCUT2D eigenvalue weighted by Crippen LogP contribution is -2.44. The van der Waals surface area contributed by atoms with Crippen LogP contribution in [0.4, 0.5) is 9.59 Å². The van der Waals surface area contributed by atoms with E-state index in [2.05, 4.69) is 56.3 Å². The Balaban J connectivity index is 1.45. The lowest BCUT2D eigenvalue weighted by atomic mass is 10.1. The molecule has 1 aliphatic heterocycles. The molecule has 0 unspecified atom stereocenters. The number of carboxylic acid groups (broad SMARTS) is 1. The molecule has 1 aromatic carbocycles. The smallest absolute Gasteiger partial charge is 0.437 e. The predicted molar refractivity (Wildman–Crippen MR) is 157 cm³/mol. The maximum absolute atomic E-state index is 12.3. The van der Waals surface area contributed by atoms with Crippen LogP contribution in [0, 0.1) is 0 Å². The number of ether oxygens (including phenoxy) is 1. The number of fused-ring (bicyclic) bond motifs is 1. The van der Waals surface area contributed by atoms with Gasteiger partial charge in [-0.15, -0.1) is 4.99 Å². The van der Waals surface area contributed by atoms with Crippen LogP contribution >= 0.6 is 0 Å². The van der Waals surface area contributed by atoms with Crippen LogP contribution in [0.3, 0.4) is 0 Å². The molecule has 11 nitrogen and oxygen atoms in total. The first kappa shape index (κ1) is 30.1. The summed E-state index contributed by atoms with van der Waals surface area (Å²) in [6.07, 6.45) is 10.2. The summed E-state index contributed by atoms with van der Waals surface area (Å²) in [6, 6.07) is 7.81. The number of hydrogen-bond acceptors (Lipinski definition) is 6. The highest BCUT2D eigenvalue weighted by Gasteiger charge is 2.35. The summed E-state index contributed by atoms with van der Waals surface area (Å²) in [6.45, 7) is 8.85. The summed E-state index contributed by atoms with van der Waals surface area (Å²) in [5.41, 5.74) is 1.24. The highest BCUT2D eigenvalue weighted by Crippen LogP contribution is 2.33. The van der Waals surface area contributed by atoms with Crippen molar-refractivity contribution in [2.24, 2.45) is 4.99 Å². The molecule has 1 saturated heterocycles. The third-order valence-electron chi connectivity index (χ3n) is 7.09. The van der Waals surface area contributed by atoms with Crippen molar-refractivity contribution in [2.45, 2.75) is 104 Å². The number of carbonyl (C=O) groups is 2. The Morgan fingerprint density at radius 3 is 2.63 bits per heavy atom. The van der Waals surface area contributed by atoms with Gasteiger partial charge in [0, 0.05) is 35.8 Å². The van der Waals surface area contributed by atoms with E-state index in [1.54, 1.807) is 25.7 Å². The van der Waals surface area contributed by atoms with Gasteiger partial charge in [0.05, 0.1) is 0 Å². The van der Waals surface area contributed by atoms with Gasteiger partial charge in [0.25, 0.3) is 0 Å². The maximum Gasteiger partial charge on any atom is 0.437 e. The number of hydrogen-bond donors (Lipinski definition) is 2. The van der Waals surface area contributed by atoms with Crippen molar-refractivity contribution < 1.29 is 24.0 Å². The number of likely N-dealkylation sites (tertiary alicyclic amines) is 1. The van der Waals surface area contributed by atoms with Crippen molar-refractivity contribution in [2.75, 3.05) is 6.54 Å². The Labute approximate surface area is 241 Å². The number of aromatic nitrogens is 3. The number of guanidine groups is 1. The Bertz CT molecular complexity index is 1350. The summed E-state index contributed by atoms with van der Waals surface area (Å²) in [7, 11) is 0. The van der Waals surface area contributed by atoms with Gasteiger partial charge in [0.15, 0.2) is 0 Å². The van der Waals surface area contributed by atoms with E-state index in [4.69, 9.17) is 9.26 Å². The second-order valence-electron chi connectivity index (χ2n) is 11.6. The number of benzene rings is 1. The van der Waals surface area contributed by atoms with Crippen LogP contribution in [0.25, 0.3) is 22.3 Å². The van der Waals surface area contributed by atoms with Crippen LogP contribution in [-0.4, -0.2) is 55.0 Å². The summed E-state index contributed by atoms with van der Waals surface area (Å²) in [5.74, 6) is 0.654. The first-order valence-corrected chi connectivity index (χ1v) is 14.7. The third-order valence-corrected chi connectivity index (χ3v) is 7.09. The number of nitrogens with one attached hydrogen (secondary N) is 1. The van der Waals surface area contributed by atoms with Crippen LogP contribution in [0.1, 0.15) is 97.4 Å². The van der Waals surface area contributed by atoms with Gasteiger partial charge in [-0.3, -0.25) is 5.32 Å². The summed E-state index contributed by atoms with van der Waals surface area (Å²) < 4.78 is 13.2.